The van der Waals surface area contributed by atoms with Crippen molar-refractivity contribution in [1.29, 1.82) is 0 Å². The maximum Gasteiger partial charge on any atom is 0.234 e. The van der Waals surface area contributed by atoms with Gasteiger partial charge in [0.25, 0.3) is 0 Å². The predicted octanol–water partition coefficient (Wildman–Crippen LogP) is 1.43. The fourth-order valence-corrected chi connectivity index (χ4v) is 2.03. The van der Waals surface area contributed by atoms with E-state index in [0.29, 0.717) is 18.5 Å². The molecule has 0 bridgehead atoms. The molecule has 0 aromatic carbocycles. The van der Waals surface area contributed by atoms with Crippen molar-refractivity contribution in [2.75, 3.05) is 25.0 Å². The van der Waals surface area contributed by atoms with Crippen LogP contribution in [0.3, 0.4) is 0 Å². The summed E-state index contributed by atoms with van der Waals surface area (Å²) in [5, 5.41) is 6.75. The van der Waals surface area contributed by atoms with Crippen molar-refractivity contribution in [1.82, 2.24) is 15.3 Å². The molecule has 1 aliphatic rings. The zero-order valence-corrected chi connectivity index (χ0v) is 10.3. The van der Waals surface area contributed by atoms with Crippen LogP contribution in [0.4, 0.5) is 5.82 Å². The van der Waals surface area contributed by atoms with E-state index in [9.17, 15) is 0 Å². The van der Waals surface area contributed by atoms with Crippen molar-refractivity contribution >= 4 is 5.82 Å². The van der Waals surface area contributed by atoms with E-state index in [1.54, 1.807) is 12.4 Å². The molecule has 94 valence electrons. The highest BCUT2D eigenvalue weighted by molar-refractivity contribution is 5.33. The number of rotatable bonds is 6. The normalized spacial score (nSPS) is 19.2. The molecule has 2 rings (SSSR count). The lowest BCUT2D eigenvalue weighted by Gasteiger charge is -2.11. The number of ether oxygens (including phenoxy) is 1. The molecule has 17 heavy (non-hydrogen) atoms. The first-order valence-electron chi connectivity index (χ1n) is 6.30. The minimum Gasteiger partial charge on any atom is -0.477 e. The Morgan fingerprint density at radius 2 is 2.47 bits per heavy atom. The van der Waals surface area contributed by atoms with Crippen LogP contribution in [0.2, 0.25) is 0 Å². The summed E-state index contributed by atoms with van der Waals surface area (Å²) < 4.78 is 5.30. The van der Waals surface area contributed by atoms with Gasteiger partial charge in [-0.25, -0.2) is 0 Å². The maximum absolute atomic E-state index is 5.30. The van der Waals surface area contributed by atoms with Gasteiger partial charge in [-0.2, -0.15) is 4.98 Å². The number of hydrogen-bond donors (Lipinski definition) is 2. The molecule has 1 saturated heterocycles. The summed E-state index contributed by atoms with van der Waals surface area (Å²) in [4.78, 5) is 8.40. The fourth-order valence-electron chi connectivity index (χ4n) is 2.03. The number of anilines is 1. The summed E-state index contributed by atoms with van der Waals surface area (Å²) in [7, 11) is 0. The van der Waals surface area contributed by atoms with Crippen LogP contribution in [-0.2, 0) is 0 Å². The lowest BCUT2D eigenvalue weighted by molar-refractivity contribution is 0.325. The van der Waals surface area contributed by atoms with Crippen molar-refractivity contribution in [2.24, 2.45) is 0 Å². The van der Waals surface area contributed by atoms with Crippen LogP contribution in [0, 0.1) is 0 Å². The number of aromatic nitrogens is 2. The molecule has 5 heteroatoms. The SMILES string of the molecule is CCOc1cncc(NCC[C@@H]2CCCN2)n1. The maximum atomic E-state index is 5.30. The van der Waals surface area contributed by atoms with Crippen LogP contribution in [0.15, 0.2) is 12.4 Å². The average Bonchev–Trinajstić information content (AvgIpc) is 2.83. The zero-order valence-electron chi connectivity index (χ0n) is 10.3. The van der Waals surface area contributed by atoms with Crippen LogP contribution >= 0.6 is 0 Å². The average molecular weight is 236 g/mol. The number of nitrogens with one attached hydrogen (secondary N) is 2. The van der Waals surface area contributed by atoms with E-state index in [2.05, 4.69) is 20.6 Å². The van der Waals surface area contributed by atoms with Gasteiger partial charge in [0, 0.05) is 12.6 Å². The topological polar surface area (TPSA) is 59.1 Å². The van der Waals surface area contributed by atoms with Crippen LogP contribution < -0.4 is 15.4 Å². The van der Waals surface area contributed by atoms with Crippen molar-refractivity contribution in [2.45, 2.75) is 32.2 Å². The Morgan fingerprint density at radius 1 is 1.53 bits per heavy atom. The molecule has 0 saturated carbocycles. The summed E-state index contributed by atoms with van der Waals surface area (Å²) >= 11 is 0. The Labute approximate surface area is 102 Å². The Hall–Kier alpha value is -1.36. The minimum atomic E-state index is 0.580. The molecule has 0 unspecified atom stereocenters. The largest absolute Gasteiger partial charge is 0.477 e. The summed E-state index contributed by atoms with van der Waals surface area (Å²) in [6, 6.07) is 0.658. The second kappa shape index (κ2) is 6.39. The Morgan fingerprint density at radius 3 is 3.24 bits per heavy atom. The Balaban J connectivity index is 1.75. The predicted molar refractivity (Wildman–Crippen MR) is 67.3 cm³/mol. The standard InChI is InChI=1S/C12H20N4O/c1-2-17-12-9-13-8-11(16-12)15-7-5-10-4-3-6-14-10/h8-10,14H,2-7H2,1H3,(H,15,16)/t10-/m0/s1. The van der Waals surface area contributed by atoms with Gasteiger partial charge >= 0.3 is 0 Å². The molecule has 1 aromatic heterocycles. The first kappa shape index (κ1) is 12.1. The second-order valence-electron chi connectivity index (χ2n) is 4.18. The van der Waals surface area contributed by atoms with Gasteiger partial charge in [-0.15, -0.1) is 0 Å². The van der Waals surface area contributed by atoms with Crippen molar-refractivity contribution in [3.8, 4) is 5.88 Å². The molecule has 2 N–H and O–H groups in total. The van der Waals surface area contributed by atoms with E-state index in [0.717, 1.165) is 25.3 Å². The molecule has 1 atom stereocenters. The molecular weight excluding hydrogens is 216 g/mol. The highest BCUT2D eigenvalue weighted by Crippen LogP contribution is 2.11. The van der Waals surface area contributed by atoms with Gasteiger partial charge in [0.1, 0.15) is 5.82 Å². The first-order chi connectivity index (χ1) is 8.38. The quantitative estimate of drug-likeness (QED) is 0.782. The molecular formula is C12H20N4O. The summed E-state index contributed by atoms with van der Waals surface area (Å²) in [5.41, 5.74) is 0. The third-order valence-electron chi connectivity index (χ3n) is 2.87. The Kier molecular flexibility index (Phi) is 4.55. The van der Waals surface area contributed by atoms with E-state index in [1.807, 2.05) is 6.92 Å². The molecule has 1 aromatic rings. The minimum absolute atomic E-state index is 0.580. The summed E-state index contributed by atoms with van der Waals surface area (Å²) in [6.45, 7) is 4.63. The molecule has 0 spiro atoms. The number of hydrogen-bond acceptors (Lipinski definition) is 5. The second-order valence-corrected chi connectivity index (χ2v) is 4.18. The smallest absolute Gasteiger partial charge is 0.234 e. The summed E-state index contributed by atoms with van der Waals surface area (Å²) in [6.07, 6.45) is 7.06. The van der Waals surface area contributed by atoms with Gasteiger partial charge in [0.2, 0.25) is 5.88 Å². The molecule has 0 aliphatic carbocycles. The lowest BCUT2D eigenvalue weighted by atomic mass is 10.1. The first-order valence-corrected chi connectivity index (χ1v) is 6.30. The molecule has 5 nitrogen and oxygen atoms in total. The van der Waals surface area contributed by atoms with Gasteiger partial charge in [0.05, 0.1) is 19.0 Å². The molecule has 1 aliphatic heterocycles. The Bertz CT molecular complexity index is 339. The lowest BCUT2D eigenvalue weighted by Crippen LogP contribution is -2.24. The molecule has 0 radical (unpaired) electrons. The highest BCUT2D eigenvalue weighted by atomic mass is 16.5. The van der Waals surface area contributed by atoms with Gasteiger partial charge in [0.15, 0.2) is 0 Å². The van der Waals surface area contributed by atoms with Crippen molar-refractivity contribution < 1.29 is 4.74 Å². The third-order valence-corrected chi connectivity index (χ3v) is 2.87. The summed E-state index contributed by atoms with van der Waals surface area (Å²) in [5.74, 6) is 1.37. The van der Waals surface area contributed by atoms with Crippen LogP contribution in [-0.4, -0.2) is 35.7 Å². The zero-order chi connectivity index (χ0) is 11.9. The molecule has 0 amide bonds. The molecule has 1 fully saturated rings. The van der Waals surface area contributed by atoms with Crippen LogP contribution in [0.1, 0.15) is 26.2 Å². The molecule has 2 heterocycles. The van der Waals surface area contributed by atoms with E-state index < -0.39 is 0 Å². The van der Waals surface area contributed by atoms with Gasteiger partial charge in [-0.1, -0.05) is 0 Å². The van der Waals surface area contributed by atoms with E-state index in [1.165, 1.54) is 12.8 Å². The number of nitrogens with zero attached hydrogens (tertiary/aromatic N) is 2. The van der Waals surface area contributed by atoms with Crippen LogP contribution in [0.5, 0.6) is 5.88 Å². The monoisotopic (exact) mass is 236 g/mol. The highest BCUT2D eigenvalue weighted by Gasteiger charge is 2.12. The van der Waals surface area contributed by atoms with Crippen molar-refractivity contribution in [3.05, 3.63) is 12.4 Å². The third kappa shape index (κ3) is 3.85. The van der Waals surface area contributed by atoms with E-state index >= 15 is 0 Å². The van der Waals surface area contributed by atoms with E-state index in [-0.39, 0.29) is 0 Å². The van der Waals surface area contributed by atoms with Crippen LogP contribution in [0.25, 0.3) is 0 Å². The van der Waals surface area contributed by atoms with Gasteiger partial charge in [-0.3, -0.25) is 4.98 Å². The van der Waals surface area contributed by atoms with Gasteiger partial charge < -0.3 is 15.4 Å². The van der Waals surface area contributed by atoms with Crippen molar-refractivity contribution in [3.63, 3.8) is 0 Å². The van der Waals surface area contributed by atoms with E-state index in [4.69, 9.17) is 4.74 Å². The fraction of sp³-hybridized carbons (Fsp3) is 0.667. The van der Waals surface area contributed by atoms with Gasteiger partial charge in [-0.05, 0) is 32.7 Å².